The van der Waals surface area contributed by atoms with Gasteiger partial charge < -0.3 is 20.8 Å². The number of alkyl halides is 3. The van der Waals surface area contributed by atoms with Gasteiger partial charge in [0, 0.05) is 32.4 Å². The second-order valence-electron chi connectivity index (χ2n) is 7.27. The fraction of sp³-hybridized carbons (Fsp3) is 0.143. The number of carboxylic acid groups (broad SMARTS) is 1. The van der Waals surface area contributed by atoms with Crippen LogP contribution in [0.25, 0.3) is 21.8 Å². The molecule has 0 aliphatic heterocycles. The van der Waals surface area contributed by atoms with Crippen LogP contribution < -0.4 is 5.73 Å². The highest BCUT2D eigenvalue weighted by atomic mass is 35.5. The summed E-state index contributed by atoms with van der Waals surface area (Å²) in [5, 5.41) is 9.77. The van der Waals surface area contributed by atoms with Crippen molar-refractivity contribution in [3.05, 3.63) is 69.2 Å². The predicted molar refractivity (Wildman–Crippen MR) is 109 cm³/mol. The van der Waals surface area contributed by atoms with Crippen molar-refractivity contribution in [1.29, 1.82) is 0 Å². The highest BCUT2D eigenvalue weighted by Crippen LogP contribution is 2.45. The number of fused-ring (bicyclic) bond motifs is 2. The summed E-state index contributed by atoms with van der Waals surface area (Å²) in [4.78, 5) is 29.2. The smallest absolute Gasteiger partial charge is 0.431 e. The lowest BCUT2D eigenvalue weighted by Gasteiger charge is -2.18. The van der Waals surface area contributed by atoms with Gasteiger partial charge in [0.15, 0.2) is 0 Å². The molecule has 1 unspecified atom stereocenters. The highest BCUT2D eigenvalue weighted by molar-refractivity contribution is 6.31. The third-order valence-corrected chi connectivity index (χ3v) is 5.55. The number of nitrogens with one attached hydrogen (secondary N) is 2. The van der Waals surface area contributed by atoms with E-state index in [1.165, 1.54) is 31.2 Å². The Morgan fingerprint density at radius 3 is 2.41 bits per heavy atom. The minimum absolute atomic E-state index is 0.107. The Balaban J connectivity index is 2.21. The number of halogens is 5. The van der Waals surface area contributed by atoms with E-state index in [1.807, 2.05) is 4.98 Å². The maximum Gasteiger partial charge on any atom is 0.431 e. The molecule has 2 heterocycles. The topological polar surface area (TPSA) is 112 Å². The van der Waals surface area contributed by atoms with Gasteiger partial charge in [-0.2, -0.15) is 13.2 Å². The molecule has 1 amide bonds. The number of rotatable bonds is 4. The Morgan fingerprint density at radius 1 is 1.12 bits per heavy atom. The lowest BCUT2D eigenvalue weighted by Crippen LogP contribution is -2.26. The van der Waals surface area contributed by atoms with E-state index in [0.29, 0.717) is 0 Å². The lowest BCUT2D eigenvalue weighted by atomic mass is 9.85. The molecular formula is C21H14ClF4N3O3. The molecule has 32 heavy (non-hydrogen) atoms. The summed E-state index contributed by atoms with van der Waals surface area (Å²) >= 11 is 6.02. The number of aromatic carboxylic acids is 1. The average molecular weight is 468 g/mol. The van der Waals surface area contributed by atoms with Crippen molar-refractivity contribution in [2.24, 2.45) is 5.73 Å². The summed E-state index contributed by atoms with van der Waals surface area (Å²) < 4.78 is 56.4. The number of amides is 1. The SMILES string of the molecule is Cc1ccc(F)c2[nH]c(C(F)(F)F)c(C(C(N)=O)c3c(C(=O)O)[nH]c4ccc(Cl)cc34)c12. The van der Waals surface area contributed by atoms with E-state index in [9.17, 15) is 32.3 Å². The van der Waals surface area contributed by atoms with Crippen molar-refractivity contribution in [3.8, 4) is 0 Å². The third kappa shape index (κ3) is 3.27. The summed E-state index contributed by atoms with van der Waals surface area (Å²) in [6.45, 7) is 1.45. The molecule has 0 fully saturated rings. The predicted octanol–water partition coefficient (Wildman–Crippen LogP) is 5.08. The number of benzene rings is 2. The molecule has 166 valence electrons. The van der Waals surface area contributed by atoms with Gasteiger partial charge in [-0.25, -0.2) is 9.18 Å². The van der Waals surface area contributed by atoms with Crippen molar-refractivity contribution in [2.75, 3.05) is 0 Å². The number of aromatic nitrogens is 2. The molecule has 11 heteroatoms. The number of aryl methyl sites for hydroxylation is 1. The van der Waals surface area contributed by atoms with Gasteiger partial charge in [-0.05, 0) is 36.8 Å². The molecule has 0 saturated carbocycles. The summed E-state index contributed by atoms with van der Waals surface area (Å²) in [7, 11) is 0. The molecule has 2 aromatic carbocycles. The molecule has 0 aliphatic carbocycles. The minimum atomic E-state index is -5.02. The van der Waals surface area contributed by atoms with E-state index >= 15 is 0 Å². The number of carbonyl (C=O) groups excluding carboxylic acids is 1. The average Bonchev–Trinajstić information content (AvgIpc) is 3.26. The van der Waals surface area contributed by atoms with Crippen LogP contribution in [0.15, 0.2) is 30.3 Å². The zero-order valence-corrected chi connectivity index (χ0v) is 17.0. The Hall–Kier alpha value is -3.53. The van der Waals surface area contributed by atoms with Crippen molar-refractivity contribution >= 4 is 45.3 Å². The van der Waals surface area contributed by atoms with Gasteiger partial charge in [-0.1, -0.05) is 17.7 Å². The van der Waals surface area contributed by atoms with Gasteiger partial charge in [0.25, 0.3) is 0 Å². The van der Waals surface area contributed by atoms with Crippen LogP contribution in [-0.4, -0.2) is 27.0 Å². The third-order valence-electron chi connectivity index (χ3n) is 5.31. The first-order valence-electron chi connectivity index (χ1n) is 9.13. The van der Waals surface area contributed by atoms with E-state index < -0.39 is 52.3 Å². The first-order chi connectivity index (χ1) is 14.9. The minimum Gasteiger partial charge on any atom is -0.477 e. The van der Waals surface area contributed by atoms with Crippen molar-refractivity contribution in [1.82, 2.24) is 9.97 Å². The van der Waals surface area contributed by atoms with Crippen LogP contribution in [0, 0.1) is 12.7 Å². The number of hydrogen-bond donors (Lipinski definition) is 4. The highest BCUT2D eigenvalue weighted by Gasteiger charge is 2.43. The van der Waals surface area contributed by atoms with E-state index in [4.69, 9.17) is 17.3 Å². The lowest BCUT2D eigenvalue weighted by molar-refractivity contribution is -0.141. The largest absolute Gasteiger partial charge is 0.477 e. The zero-order chi connectivity index (χ0) is 23.5. The van der Waals surface area contributed by atoms with Crippen molar-refractivity contribution in [3.63, 3.8) is 0 Å². The monoisotopic (exact) mass is 467 g/mol. The molecular weight excluding hydrogens is 454 g/mol. The number of hydrogen-bond acceptors (Lipinski definition) is 2. The second kappa shape index (κ2) is 7.27. The molecule has 0 bridgehead atoms. The van der Waals surface area contributed by atoms with Gasteiger partial charge in [0.05, 0.1) is 11.4 Å². The molecule has 0 saturated heterocycles. The Bertz CT molecular complexity index is 1420. The van der Waals surface area contributed by atoms with Crippen LogP contribution in [0.4, 0.5) is 17.6 Å². The maximum atomic E-state index is 14.4. The first-order valence-corrected chi connectivity index (χ1v) is 9.51. The standard InChI is InChI=1S/C21H14ClF4N3O3/c1-7-2-4-10(23)16-12(7)14(18(29-16)21(24,25)26)15(19(27)30)13-9-6-8(22)3-5-11(9)28-17(13)20(31)32/h2-6,15,28-29H,1H3,(H2,27,30)(H,31,32). The van der Waals surface area contributed by atoms with Crippen molar-refractivity contribution in [2.45, 2.75) is 19.0 Å². The Labute approximate surface area is 182 Å². The van der Waals surface area contributed by atoms with E-state index in [2.05, 4.69) is 4.98 Å². The van der Waals surface area contributed by atoms with E-state index in [1.54, 1.807) is 0 Å². The number of carbonyl (C=O) groups is 2. The number of carboxylic acids is 1. The zero-order valence-electron chi connectivity index (χ0n) is 16.2. The van der Waals surface area contributed by atoms with Crippen LogP contribution in [0.5, 0.6) is 0 Å². The summed E-state index contributed by atoms with van der Waals surface area (Å²) in [6.07, 6.45) is -5.02. The maximum absolute atomic E-state index is 14.4. The van der Waals surface area contributed by atoms with Crippen LogP contribution in [-0.2, 0) is 11.0 Å². The molecule has 0 spiro atoms. The fourth-order valence-corrected chi connectivity index (χ4v) is 4.23. The summed E-state index contributed by atoms with van der Waals surface area (Å²) in [5.74, 6) is -5.61. The first kappa shape index (κ1) is 21.7. The number of primary amides is 1. The van der Waals surface area contributed by atoms with E-state index in [0.717, 1.165) is 6.07 Å². The van der Waals surface area contributed by atoms with Crippen LogP contribution in [0.2, 0.25) is 5.02 Å². The molecule has 0 aliphatic rings. The fourth-order valence-electron chi connectivity index (χ4n) is 4.06. The molecule has 4 aromatic rings. The van der Waals surface area contributed by atoms with Crippen molar-refractivity contribution < 1.29 is 32.3 Å². The van der Waals surface area contributed by atoms with Gasteiger partial charge in [-0.15, -0.1) is 0 Å². The quantitative estimate of drug-likeness (QED) is 0.314. The van der Waals surface area contributed by atoms with Gasteiger partial charge >= 0.3 is 12.1 Å². The van der Waals surface area contributed by atoms with Gasteiger partial charge in [0.1, 0.15) is 17.2 Å². The molecule has 1 atom stereocenters. The van der Waals surface area contributed by atoms with E-state index in [-0.39, 0.29) is 32.4 Å². The molecule has 0 radical (unpaired) electrons. The van der Waals surface area contributed by atoms with Crippen LogP contribution in [0.1, 0.15) is 38.8 Å². The molecule has 4 rings (SSSR count). The molecule has 2 aromatic heterocycles. The van der Waals surface area contributed by atoms with Crippen LogP contribution in [0.3, 0.4) is 0 Å². The summed E-state index contributed by atoms with van der Waals surface area (Å²) in [6, 6.07) is 6.45. The second-order valence-corrected chi connectivity index (χ2v) is 7.71. The Kier molecular flexibility index (Phi) is 4.93. The van der Waals surface area contributed by atoms with Crippen LogP contribution >= 0.6 is 11.6 Å². The van der Waals surface area contributed by atoms with Gasteiger partial charge in [0.2, 0.25) is 5.91 Å². The molecule has 6 nitrogen and oxygen atoms in total. The Morgan fingerprint density at radius 2 is 1.81 bits per heavy atom. The summed E-state index contributed by atoms with van der Waals surface area (Å²) in [5.41, 5.74) is 2.69. The number of aromatic amines is 2. The number of nitrogens with two attached hydrogens (primary N) is 1. The normalized spacial score (nSPS) is 13.1. The van der Waals surface area contributed by atoms with Gasteiger partial charge in [-0.3, -0.25) is 4.79 Å². The molecule has 5 N–H and O–H groups in total. The number of H-pyrrole nitrogens is 2.